The van der Waals surface area contributed by atoms with Crippen LogP contribution in [0.15, 0.2) is 36.8 Å². The number of nitrogens with zero attached hydrogens (tertiary/aromatic N) is 3. The Kier molecular flexibility index (Phi) is 5.36. The molecule has 2 aliphatic carbocycles. The minimum Gasteiger partial charge on any atom is -0.393 e. The monoisotopic (exact) mass is 461 g/mol. The number of aliphatic hydroxyl groups is 1. The van der Waals surface area contributed by atoms with Gasteiger partial charge in [-0.1, -0.05) is 24.3 Å². The predicted molar refractivity (Wildman–Crippen MR) is 115 cm³/mol. The van der Waals surface area contributed by atoms with Gasteiger partial charge in [0, 0.05) is 18.2 Å². The van der Waals surface area contributed by atoms with Crippen LogP contribution in [0.1, 0.15) is 42.5 Å². The van der Waals surface area contributed by atoms with Gasteiger partial charge in [0.05, 0.1) is 24.1 Å². The summed E-state index contributed by atoms with van der Waals surface area (Å²) in [7, 11) is -4.09. The van der Waals surface area contributed by atoms with Crippen LogP contribution in [0.5, 0.6) is 0 Å². The zero-order valence-electron chi connectivity index (χ0n) is 17.2. The molecule has 1 aromatic carbocycles. The predicted octanol–water partition coefficient (Wildman–Crippen LogP) is 2.20. The maximum Gasteiger partial charge on any atom is 0.333 e. The summed E-state index contributed by atoms with van der Waals surface area (Å²) in [5.41, 5.74) is 2.90. The van der Waals surface area contributed by atoms with Crippen LogP contribution in [0.3, 0.4) is 0 Å². The number of halogens is 1. The van der Waals surface area contributed by atoms with E-state index in [1.54, 1.807) is 4.57 Å². The van der Waals surface area contributed by atoms with Crippen molar-refractivity contribution in [1.82, 2.24) is 14.5 Å². The zero-order chi connectivity index (χ0) is 22.5. The Balaban J connectivity index is 1.41. The maximum atomic E-state index is 15.1. The first-order chi connectivity index (χ1) is 15.3. The largest absolute Gasteiger partial charge is 0.393 e. The minimum absolute atomic E-state index is 0.0418. The van der Waals surface area contributed by atoms with Gasteiger partial charge in [-0.15, -0.1) is 0 Å². The summed E-state index contributed by atoms with van der Waals surface area (Å²) >= 11 is 0. The van der Waals surface area contributed by atoms with Crippen LogP contribution in [0.4, 0.5) is 10.2 Å². The zero-order valence-corrected chi connectivity index (χ0v) is 18.0. The molecule has 0 radical (unpaired) electrons. The Morgan fingerprint density at radius 1 is 1.28 bits per heavy atom. The van der Waals surface area contributed by atoms with Crippen molar-refractivity contribution in [2.75, 3.05) is 11.9 Å². The van der Waals surface area contributed by atoms with Crippen molar-refractivity contribution in [1.29, 1.82) is 0 Å². The van der Waals surface area contributed by atoms with Gasteiger partial charge in [-0.3, -0.25) is 4.18 Å². The molecule has 4 N–H and O–H groups in total. The highest BCUT2D eigenvalue weighted by atomic mass is 32.2. The molecule has 0 spiro atoms. The number of anilines is 1. The summed E-state index contributed by atoms with van der Waals surface area (Å²) in [4.78, 5) is 8.61. The van der Waals surface area contributed by atoms with E-state index in [4.69, 9.17) is 5.14 Å². The van der Waals surface area contributed by atoms with Crippen LogP contribution in [-0.2, 0) is 20.9 Å². The molecule has 5 rings (SSSR count). The molecule has 11 heteroatoms. The number of aromatic nitrogens is 3. The van der Waals surface area contributed by atoms with Gasteiger partial charge in [-0.25, -0.2) is 19.5 Å². The number of aryl methyl sites for hydroxylation is 1. The standard InChI is InChI=1S/C21H24FN5O4S/c22-16-9-27(14-7-13(18(28)8-14)10-31-32(23,29)30)21-19(16)20(24-11-25-21)26-17-6-5-12-3-1-2-4-15(12)17/h1-4,9,11,13-14,17-18,28H,5-8,10H2,(H2,23,29,30)(H,24,25,26)/t13-,14+,17-,18-/m0/s1. The van der Waals surface area contributed by atoms with Crippen molar-refractivity contribution in [3.8, 4) is 0 Å². The molecule has 32 heavy (non-hydrogen) atoms. The van der Waals surface area contributed by atoms with Crippen molar-refractivity contribution in [3.63, 3.8) is 0 Å². The molecular formula is C21H24FN5O4S. The van der Waals surface area contributed by atoms with Gasteiger partial charge >= 0.3 is 10.3 Å². The summed E-state index contributed by atoms with van der Waals surface area (Å²) < 4.78 is 43.6. The highest BCUT2D eigenvalue weighted by Gasteiger charge is 2.36. The van der Waals surface area contributed by atoms with Gasteiger partial charge in [0.1, 0.15) is 17.8 Å². The van der Waals surface area contributed by atoms with E-state index in [0.29, 0.717) is 29.7 Å². The van der Waals surface area contributed by atoms with Crippen molar-refractivity contribution in [2.24, 2.45) is 11.1 Å². The van der Waals surface area contributed by atoms with E-state index < -0.39 is 28.1 Å². The lowest BCUT2D eigenvalue weighted by Crippen LogP contribution is -2.24. The molecule has 1 fully saturated rings. The fraction of sp³-hybridized carbons (Fsp3) is 0.429. The lowest BCUT2D eigenvalue weighted by Gasteiger charge is -2.16. The molecule has 0 unspecified atom stereocenters. The van der Waals surface area contributed by atoms with Gasteiger partial charge in [0.15, 0.2) is 5.82 Å². The number of fused-ring (bicyclic) bond motifs is 2. The summed E-state index contributed by atoms with van der Waals surface area (Å²) in [6.45, 7) is -0.221. The van der Waals surface area contributed by atoms with Crippen LogP contribution in [0.2, 0.25) is 0 Å². The number of benzene rings is 1. The maximum absolute atomic E-state index is 15.1. The first-order valence-electron chi connectivity index (χ1n) is 10.5. The van der Waals surface area contributed by atoms with E-state index in [0.717, 1.165) is 12.8 Å². The van der Waals surface area contributed by atoms with Crippen molar-refractivity contribution < 1.29 is 22.1 Å². The molecule has 4 atom stereocenters. The molecule has 0 amide bonds. The molecule has 1 saturated carbocycles. The van der Waals surface area contributed by atoms with E-state index >= 15 is 4.39 Å². The number of nitrogens with one attached hydrogen (secondary N) is 1. The van der Waals surface area contributed by atoms with E-state index in [1.165, 1.54) is 23.7 Å². The number of aliphatic hydroxyl groups excluding tert-OH is 1. The van der Waals surface area contributed by atoms with Crippen molar-refractivity contribution in [2.45, 2.75) is 43.9 Å². The fourth-order valence-electron chi connectivity index (χ4n) is 4.96. The van der Waals surface area contributed by atoms with Gasteiger partial charge < -0.3 is 15.0 Å². The van der Waals surface area contributed by atoms with E-state index in [-0.39, 0.29) is 18.7 Å². The third kappa shape index (κ3) is 3.96. The normalized spacial score (nSPS) is 25.3. The third-order valence-electron chi connectivity index (χ3n) is 6.48. The average molecular weight is 462 g/mol. The Labute approximate surface area is 184 Å². The molecule has 0 aliphatic heterocycles. The number of rotatable bonds is 6. The first kappa shape index (κ1) is 21.3. The highest BCUT2D eigenvalue weighted by Crippen LogP contribution is 2.40. The second-order valence-corrected chi connectivity index (χ2v) is 9.69. The molecule has 0 saturated heterocycles. The molecule has 3 aromatic rings. The minimum atomic E-state index is -4.09. The third-order valence-corrected chi connectivity index (χ3v) is 6.94. The summed E-state index contributed by atoms with van der Waals surface area (Å²) in [6, 6.07) is 7.96. The molecule has 2 heterocycles. The summed E-state index contributed by atoms with van der Waals surface area (Å²) in [6.07, 6.45) is 4.55. The molecule has 2 aromatic heterocycles. The second kappa shape index (κ2) is 8.07. The Bertz CT molecular complexity index is 1260. The topological polar surface area (TPSA) is 132 Å². The van der Waals surface area contributed by atoms with Gasteiger partial charge in [0.25, 0.3) is 0 Å². The van der Waals surface area contributed by atoms with E-state index in [2.05, 4.69) is 31.6 Å². The lowest BCUT2D eigenvalue weighted by molar-refractivity contribution is 0.100. The summed E-state index contributed by atoms with van der Waals surface area (Å²) in [5, 5.41) is 18.9. The molecule has 9 nitrogen and oxygen atoms in total. The molecular weight excluding hydrogens is 437 g/mol. The summed E-state index contributed by atoms with van der Waals surface area (Å²) in [5.74, 6) is -0.457. The van der Waals surface area contributed by atoms with Gasteiger partial charge in [0.2, 0.25) is 0 Å². The number of hydrogen-bond donors (Lipinski definition) is 3. The van der Waals surface area contributed by atoms with Crippen LogP contribution in [0, 0.1) is 11.7 Å². The Morgan fingerprint density at radius 3 is 2.91 bits per heavy atom. The van der Waals surface area contributed by atoms with Crippen LogP contribution in [-0.4, -0.2) is 40.8 Å². The average Bonchev–Trinajstić information content (AvgIpc) is 3.42. The second-order valence-electron chi connectivity index (χ2n) is 8.47. The highest BCUT2D eigenvalue weighted by molar-refractivity contribution is 7.84. The van der Waals surface area contributed by atoms with Gasteiger partial charge in [-0.2, -0.15) is 8.42 Å². The molecule has 170 valence electrons. The van der Waals surface area contributed by atoms with Crippen molar-refractivity contribution >= 4 is 27.2 Å². The van der Waals surface area contributed by atoms with Crippen molar-refractivity contribution in [3.05, 3.63) is 53.7 Å². The SMILES string of the molecule is NS(=O)(=O)OC[C@@H]1C[C@@H](n2cc(F)c3c(N[C@H]4CCc5ccccc54)ncnc32)C[C@@H]1O. The van der Waals surface area contributed by atoms with Crippen LogP contribution >= 0.6 is 0 Å². The van der Waals surface area contributed by atoms with Gasteiger partial charge in [-0.05, 0) is 36.8 Å². The Morgan fingerprint density at radius 2 is 2.09 bits per heavy atom. The lowest BCUT2D eigenvalue weighted by atomic mass is 10.1. The van der Waals surface area contributed by atoms with Crippen LogP contribution < -0.4 is 10.5 Å². The number of hydrogen-bond acceptors (Lipinski definition) is 7. The Hall–Kier alpha value is -2.60. The fourth-order valence-corrected chi connectivity index (χ4v) is 5.33. The van der Waals surface area contributed by atoms with E-state index in [9.17, 15) is 13.5 Å². The molecule has 2 aliphatic rings. The smallest absolute Gasteiger partial charge is 0.333 e. The molecule has 0 bridgehead atoms. The quantitative estimate of drug-likeness (QED) is 0.513. The first-order valence-corrected chi connectivity index (χ1v) is 12.0. The van der Waals surface area contributed by atoms with E-state index in [1.807, 2.05) is 12.1 Å². The van der Waals surface area contributed by atoms with Crippen LogP contribution in [0.25, 0.3) is 11.0 Å². The number of nitrogens with two attached hydrogens (primary N) is 1.